The molecule has 10 heteroatoms. The first kappa shape index (κ1) is 21.1. The minimum atomic E-state index is 0.569. The molecule has 0 spiro atoms. The lowest BCUT2D eigenvalue weighted by molar-refractivity contribution is 0.337. The van der Waals surface area contributed by atoms with Crippen LogP contribution in [0.25, 0.3) is 16.3 Å². The predicted molar refractivity (Wildman–Crippen MR) is 121 cm³/mol. The lowest BCUT2D eigenvalue weighted by atomic mass is 10.2. The van der Waals surface area contributed by atoms with Crippen molar-refractivity contribution in [3.8, 4) is 33.5 Å². The molecule has 2 aromatic carbocycles. The molecule has 0 radical (unpaired) electrons. The van der Waals surface area contributed by atoms with Gasteiger partial charge in [-0.15, -0.1) is 16.4 Å². The molecule has 8 nitrogen and oxygen atoms in total. The van der Waals surface area contributed by atoms with Crippen molar-refractivity contribution in [1.82, 2.24) is 25.2 Å². The Bertz CT molecular complexity index is 1160. The van der Waals surface area contributed by atoms with E-state index in [1.54, 1.807) is 30.2 Å². The number of aromatic nitrogens is 5. The molecule has 2 aromatic heterocycles. The van der Waals surface area contributed by atoms with Gasteiger partial charge in [0.1, 0.15) is 16.4 Å². The van der Waals surface area contributed by atoms with E-state index in [0.717, 1.165) is 27.7 Å². The Balaban J connectivity index is 1.50. The van der Waals surface area contributed by atoms with Crippen LogP contribution in [-0.4, -0.2) is 46.0 Å². The summed E-state index contributed by atoms with van der Waals surface area (Å²) >= 11 is 3.10. The highest BCUT2D eigenvalue weighted by molar-refractivity contribution is 7.98. The molecule has 0 N–H and O–H groups in total. The van der Waals surface area contributed by atoms with E-state index in [9.17, 15) is 0 Å². The molecule has 0 aliphatic rings. The standard InChI is InChI=1S/C21H21N5O3S2/c1-4-29-17-8-6-5-7-16(17)26-21(23-24-25-26)31-13-15-12-30-20(22-15)14-9-10-18(27-2)19(11-14)28-3/h5-12H,4,13H2,1-3H3. The summed E-state index contributed by atoms with van der Waals surface area (Å²) in [6.45, 7) is 2.52. The second kappa shape index (κ2) is 9.80. The number of thiazole rings is 1. The van der Waals surface area contributed by atoms with Crippen LogP contribution in [0.4, 0.5) is 0 Å². The summed E-state index contributed by atoms with van der Waals surface area (Å²) in [5.74, 6) is 2.75. The molecule has 0 saturated carbocycles. The Hall–Kier alpha value is -3.11. The number of methoxy groups -OCH3 is 2. The van der Waals surface area contributed by atoms with Gasteiger partial charge in [-0.25, -0.2) is 4.98 Å². The number of benzene rings is 2. The molecule has 31 heavy (non-hydrogen) atoms. The van der Waals surface area contributed by atoms with E-state index in [1.807, 2.05) is 54.8 Å². The van der Waals surface area contributed by atoms with Gasteiger partial charge in [0, 0.05) is 16.7 Å². The number of thioether (sulfide) groups is 1. The second-order valence-electron chi connectivity index (χ2n) is 6.28. The average molecular weight is 456 g/mol. The van der Waals surface area contributed by atoms with Crippen molar-refractivity contribution in [3.05, 3.63) is 53.5 Å². The molecule has 0 saturated heterocycles. The van der Waals surface area contributed by atoms with Gasteiger partial charge in [0.2, 0.25) is 5.16 Å². The lowest BCUT2D eigenvalue weighted by Crippen LogP contribution is -2.03. The normalized spacial score (nSPS) is 10.8. The molecule has 4 aromatic rings. The van der Waals surface area contributed by atoms with Crippen molar-refractivity contribution in [2.24, 2.45) is 0 Å². The first-order valence-electron chi connectivity index (χ1n) is 9.53. The maximum absolute atomic E-state index is 5.71. The topological polar surface area (TPSA) is 84.2 Å². The van der Waals surface area contributed by atoms with E-state index in [0.29, 0.717) is 29.0 Å². The van der Waals surface area contributed by atoms with E-state index in [1.165, 1.54) is 11.8 Å². The minimum absolute atomic E-state index is 0.569. The Kier molecular flexibility index (Phi) is 6.68. The molecule has 4 rings (SSSR count). The number of rotatable bonds is 9. The summed E-state index contributed by atoms with van der Waals surface area (Å²) in [4.78, 5) is 4.76. The molecule has 160 valence electrons. The third-order valence-electron chi connectivity index (χ3n) is 4.37. The average Bonchev–Trinajstić information content (AvgIpc) is 3.47. The molecular weight excluding hydrogens is 434 g/mol. The fourth-order valence-electron chi connectivity index (χ4n) is 2.94. The number of ether oxygens (including phenoxy) is 3. The molecular formula is C21H21N5O3S2. The Morgan fingerprint density at radius 3 is 2.68 bits per heavy atom. The van der Waals surface area contributed by atoms with Crippen LogP contribution in [-0.2, 0) is 5.75 Å². The SMILES string of the molecule is CCOc1ccccc1-n1nnnc1SCc1csc(-c2ccc(OC)c(OC)c2)n1. The zero-order valence-corrected chi connectivity index (χ0v) is 18.9. The second-order valence-corrected chi connectivity index (χ2v) is 8.08. The predicted octanol–water partition coefficient (Wildman–Crippen LogP) is 4.49. The van der Waals surface area contributed by atoms with Gasteiger partial charge in [-0.3, -0.25) is 0 Å². The number of hydrogen-bond donors (Lipinski definition) is 0. The van der Waals surface area contributed by atoms with Gasteiger partial charge in [-0.2, -0.15) is 4.68 Å². The van der Waals surface area contributed by atoms with E-state index in [2.05, 4.69) is 15.5 Å². The first-order valence-corrected chi connectivity index (χ1v) is 11.4. The van der Waals surface area contributed by atoms with E-state index in [4.69, 9.17) is 19.2 Å². The Morgan fingerprint density at radius 1 is 1.03 bits per heavy atom. The molecule has 0 bridgehead atoms. The van der Waals surface area contributed by atoms with E-state index < -0.39 is 0 Å². The third kappa shape index (κ3) is 4.64. The Morgan fingerprint density at radius 2 is 1.87 bits per heavy atom. The highest BCUT2D eigenvalue weighted by Gasteiger charge is 2.15. The quantitative estimate of drug-likeness (QED) is 0.341. The van der Waals surface area contributed by atoms with Crippen molar-refractivity contribution < 1.29 is 14.2 Å². The molecule has 0 fully saturated rings. The van der Waals surface area contributed by atoms with Crippen molar-refractivity contribution in [3.63, 3.8) is 0 Å². The fraction of sp³-hybridized carbons (Fsp3) is 0.238. The van der Waals surface area contributed by atoms with Gasteiger partial charge in [-0.1, -0.05) is 23.9 Å². The largest absolute Gasteiger partial charge is 0.493 e. The summed E-state index contributed by atoms with van der Waals surface area (Å²) in [6.07, 6.45) is 0. The van der Waals surface area contributed by atoms with Gasteiger partial charge < -0.3 is 14.2 Å². The van der Waals surface area contributed by atoms with Crippen LogP contribution >= 0.6 is 23.1 Å². The molecule has 2 heterocycles. The first-order chi connectivity index (χ1) is 15.2. The number of hydrogen-bond acceptors (Lipinski definition) is 9. The number of nitrogens with zero attached hydrogens (tertiary/aromatic N) is 5. The summed E-state index contributed by atoms with van der Waals surface area (Å²) in [6, 6.07) is 13.5. The van der Waals surface area contributed by atoms with Crippen LogP contribution < -0.4 is 14.2 Å². The van der Waals surface area contributed by atoms with Crippen molar-refractivity contribution in [1.29, 1.82) is 0 Å². The van der Waals surface area contributed by atoms with Crippen LogP contribution in [0.5, 0.6) is 17.2 Å². The van der Waals surface area contributed by atoms with Gasteiger partial charge in [0.15, 0.2) is 11.5 Å². The number of tetrazole rings is 1. The van der Waals surface area contributed by atoms with Crippen LogP contribution in [0, 0.1) is 0 Å². The van der Waals surface area contributed by atoms with Crippen molar-refractivity contribution in [2.45, 2.75) is 17.8 Å². The summed E-state index contributed by atoms with van der Waals surface area (Å²) in [5, 5.41) is 15.8. The molecule has 0 atom stereocenters. The summed E-state index contributed by atoms with van der Waals surface area (Å²) in [7, 11) is 3.25. The van der Waals surface area contributed by atoms with E-state index >= 15 is 0 Å². The lowest BCUT2D eigenvalue weighted by Gasteiger charge is -2.10. The molecule has 0 amide bonds. The molecule has 0 unspecified atom stereocenters. The van der Waals surface area contributed by atoms with Crippen LogP contribution in [0.15, 0.2) is 53.0 Å². The van der Waals surface area contributed by atoms with Crippen LogP contribution in [0.3, 0.4) is 0 Å². The van der Waals surface area contributed by atoms with E-state index in [-0.39, 0.29) is 0 Å². The van der Waals surface area contributed by atoms with Gasteiger partial charge in [0.05, 0.1) is 26.5 Å². The van der Waals surface area contributed by atoms with Crippen molar-refractivity contribution in [2.75, 3.05) is 20.8 Å². The monoisotopic (exact) mass is 455 g/mol. The highest BCUT2D eigenvalue weighted by Crippen LogP contribution is 2.34. The highest BCUT2D eigenvalue weighted by atomic mass is 32.2. The van der Waals surface area contributed by atoms with Crippen molar-refractivity contribution >= 4 is 23.1 Å². The Labute approximate surface area is 188 Å². The van der Waals surface area contributed by atoms with Crippen LogP contribution in [0.2, 0.25) is 0 Å². The zero-order chi connectivity index (χ0) is 21.6. The van der Waals surface area contributed by atoms with Gasteiger partial charge in [0.25, 0.3) is 0 Å². The summed E-state index contributed by atoms with van der Waals surface area (Å²) < 4.78 is 18.1. The third-order valence-corrected chi connectivity index (χ3v) is 6.26. The zero-order valence-electron chi connectivity index (χ0n) is 17.3. The smallest absolute Gasteiger partial charge is 0.214 e. The fourth-order valence-corrected chi connectivity index (χ4v) is 4.64. The summed E-state index contributed by atoms with van der Waals surface area (Å²) in [5.41, 5.74) is 2.74. The van der Waals surface area contributed by atoms with Crippen LogP contribution in [0.1, 0.15) is 12.6 Å². The van der Waals surface area contributed by atoms with Gasteiger partial charge >= 0.3 is 0 Å². The maximum atomic E-state index is 5.71. The molecule has 0 aliphatic heterocycles. The number of para-hydroxylation sites is 2. The van der Waals surface area contributed by atoms with Gasteiger partial charge in [-0.05, 0) is 47.7 Å². The maximum Gasteiger partial charge on any atom is 0.214 e. The minimum Gasteiger partial charge on any atom is -0.493 e. The molecule has 0 aliphatic carbocycles.